The summed E-state index contributed by atoms with van der Waals surface area (Å²) in [5, 5.41) is 40.1. The first kappa shape index (κ1) is 33.6. The van der Waals surface area contributed by atoms with E-state index in [-0.39, 0.29) is 23.2 Å². The number of benzene rings is 3. The van der Waals surface area contributed by atoms with E-state index in [0.29, 0.717) is 11.6 Å². The van der Waals surface area contributed by atoms with Gasteiger partial charge in [0.15, 0.2) is 5.60 Å². The first-order valence-corrected chi connectivity index (χ1v) is 14.7. The van der Waals surface area contributed by atoms with Crippen LogP contribution < -0.4 is 5.32 Å². The molecule has 5 N–H and O–H groups in total. The molecule has 0 bridgehead atoms. The van der Waals surface area contributed by atoms with E-state index in [1.807, 2.05) is 47.4 Å². The molecule has 0 aromatic heterocycles. The largest absolute Gasteiger partial charge is 0.481 e. The topological polar surface area (TPSA) is 164 Å². The van der Waals surface area contributed by atoms with Crippen molar-refractivity contribution in [1.29, 1.82) is 0 Å². The van der Waals surface area contributed by atoms with E-state index in [0.717, 1.165) is 53.4 Å². The third-order valence-electron chi connectivity index (χ3n) is 8.41. The highest BCUT2D eigenvalue weighted by molar-refractivity contribution is 6.31. The molecule has 0 spiro atoms. The van der Waals surface area contributed by atoms with E-state index in [4.69, 9.17) is 32.0 Å². The number of aliphatic carboxylic acids is 3. The lowest BCUT2D eigenvalue weighted by Crippen LogP contribution is -2.44. The van der Waals surface area contributed by atoms with Crippen LogP contribution in [0.2, 0.25) is 5.02 Å². The summed E-state index contributed by atoms with van der Waals surface area (Å²) in [5.74, 6) is -5.21. The number of nitrogens with one attached hydrogen (secondary N) is 1. The van der Waals surface area contributed by atoms with Crippen molar-refractivity contribution in [2.24, 2.45) is 0 Å². The van der Waals surface area contributed by atoms with E-state index in [1.54, 1.807) is 0 Å². The second-order valence-electron chi connectivity index (χ2n) is 11.3. The number of aliphatic hydroxyl groups is 1. The minimum atomic E-state index is -2.74. The van der Waals surface area contributed by atoms with E-state index in [2.05, 4.69) is 24.4 Å². The van der Waals surface area contributed by atoms with Crippen molar-refractivity contribution in [3.63, 3.8) is 0 Å². The van der Waals surface area contributed by atoms with E-state index >= 15 is 0 Å². The number of carboxylic acid groups (broad SMARTS) is 3. The number of hydrogen-bond acceptors (Lipinski definition) is 6. The fraction of sp³-hybridized carbons (Fsp3) is 0.333. The van der Waals surface area contributed by atoms with Crippen LogP contribution in [0.25, 0.3) is 10.8 Å². The Bertz CT molecular complexity index is 1620. The molecule has 1 amide bonds. The fourth-order valence-corrected chi connectivity index (χ4v) is 6.35. The van der Waals surface area contributed by atoms with Crippen molar-refractivity contribution >= 4 is 46.2 Å². The number of rotatable bonds is 9. The summed E-state index contributed by atoms with van der Waals surface area (Å²) >= 11 is 6.42. The van der Waals surface area contributed by atoms with Crippen molar-refractivity contribution < 1.29 is 44.0 Å². The lowest BCUT2D eigenvalue weighted by Gasteiger charge is -2.39. The predicted octanol–water partition coefficient (Wildman–Crippen LogP) is 4.53. The Morgan fingerprint density at radius 2 is 1.60 bits per heavy atom. The monoisotopic (exact) mass is 640 g/mol. The number of carbonyl (C=O) groups excluding carboxylic acids is 1. The molecule has 45 heavy (non-hydrogen) atoms. The maximum atomic E-state index is 13.8. The van der Waals surface area contributed by atoms with Crippen LogP contribution in [0.5, 0.6) is 0 Å². The number of fused-ring (bicyclic) bond motifs is 1. The quantitative estimate of drug-likeness (QED) is 0.226. The van der Waals surface area contributed by atoms with Crippen molar-refractivity contribution in [3.8, 4) is 0 Å². The van der Waals surface area contributed by atoms with Gasteiger partial charge < -0.3 is 30.6 Å². The summed E-state index contributed by atoms with van der Waals surface area (Å²) in [7, 11) is 0. The molecule has 0 radical (unpaired) electrons. The molecule has 0 aliphatic carbocycles. The van der Waals surface area contributed by atoms with Gasteiger partial charge in [-0.2, -0.15) is 0 Å². The van der Waals surface area contributed by atoms with Gasteiger partial charge in [0, 0.05) is 22.6 Å². The molecule has 238 valence electrons. The van der Waals surface area contributed by atoms with Gasteiger partial charge in [0.2, 0.25) is 0 Å². The van der Waals surface area contributed by atoms with Crippen molar-refractivity contribution in [3.05, 3.63) is 94.3 Å². The van der Waals surface area contributed by atoms with Crippen molar-refractivity contribution in [1.82, 2.24) is 10.2 Å². The minimum absolute atomic E-state index is 0.0628. The second-order valence-corrected chi connectivity index (χ2v) is 11.7. The maximum absolute atomic E-state index is 13.8. The third kappa shape index (κ3) is 7.33. The molecule has 3 aromatic rings. The predicted molar refractivity (Wildman–Crippen MR) is 164 cm³/mol. The number of carbonyl (C=O) groups is 4. The summed E-state index contributed by atoms with van der Waals surface area (Å²) < 4.78 is 13.6. The molecule has 12 heteroatoms. The van der Waals surface area contributed by atoms with Gasteiger partial charge in [0.05, 0.1) is 18.9 Å². The van der Waals surface area contributed by atoms with Crippen LogP contribution in [0.1, 0.15) is 49.8 Å². The van der Waals surface area contributed by atoms with Crippen LogP contribution in [-0.2, 0) is 24.6 Å². The van der Waals surface area contributed by atoms with Gasteiger partial charge in [-0.3, -0.25) is 14.4 Å². The van der Waals surface area contributed by atoms with Crippen LogP contribution >= 0.6 is 11.6 Å². The van der Waals surface area contributed by atoms with Crippen LogP contribution in [0, 0.1) is 5.82 Å². The molecule has 2 heterocycles. The number of carboxylic acids is 3. The van der Waals surface area contributed by atoms with Gasteiger partial charge in [-0.1, -0.05) is 54.1 Å². The lowest BCUT2D eigenvalue weighted by atomic mass is 9.68. The zero-order valence-electron chi connectivity index (χ0n) is 24.5. The summed E-state index contributed by atoms with van der Waals surface area (Å²) in [5.41, 5.74) is -0.220. The number of halogens is 2. The molecule has 1 fully saturated rings. The molecule has 2 aliphatic heterocycles. The van der Waals surface area contributed by atoms with Crippen LogP contribution in [0.15, 0.2) is 72.3 Å². The summed E-state index contributed by atoms with van der Waals surface area (Å²) in [6.45, 7) is 4.29. The number of nitrogens with zero attached hydrogens (tertiary/aromatic N) is 1. The second kappa shape index (κ2) is 13.8. The van der Waals surface area contributed by atoms with Gasteiger partial charge in [0.25, 0.3) is 5.91 Å². The van der Waals surface area contributed by atoms with Crippen molar-refractivity contribution in [2.45, 2.75) is 49.7 Å². The van der Waals surface area contributed by atoms with Gasteiger partial charge in [0.1, 0.15) is 5.82 Å². The van der Waals surface area contributed by atoms with Crippen LogP contribution in [0.3, 0.4) is 0 Å². The van der Waals surface area contributed by atoms with Gasteiger partial charge in [-0.05, 0) is 79.0 Å². The first-order chi connectivity index (χ1) is 21.3. The number of amides is 1. The molecular weight excluding hydrogens is 607 g/mol. The standard InChI is InChI=1S/C27H26ClFN2O.C6H8O7/c1-18(24-17-21(28)16-19-4-2-3-5-23(19)24)31-15-10-25(26(31)32)27(11-13-30-14-12-27)20-6-8-22(29)9-7-20;7-3(8)1-6(13,5(11)12)2-4(9)10/h2-10,16-18,30H,11-15H2,1H3;13H,1-2H2,(H,7,8)(H,9,10)(H,11,12)/t18-;/m1./s1. The maximum Gasteiger partial charge on any atom is 0.336 e. The fourth-order valence-electron chi connectivity index (χ4n) is 6.11. The van der Waals surface area contributed by atoms with Crippen LogP contribution in [0.4, 0.5) is 4.39 Å². The molecule has 0 saturated carbocycles. The van der Waals surface area contributed by atoms with Crippen LogP contribution in [-0.4, -0.2) is 74.4 Å². The molecule has 3 aromatic carbocycles. The zero-order valence-corrected chi connectivity index (χ0v) is 25.3. The minimum Gasteiger partial charge on any atom is -0.481 e. The Morgan fingerprint density at radius 1 is 1.00 bits per heavy atom. The Balaban J connectivity index is 0.000000302. The summed E-state index contributed by atoms with van der Waals surface area (Å²) in [4.78, 5) is 46.2. The molecule has 1 saturated heterocycles. The molecule has 2 aliphatic rings. The number of hydrogen-bond donors (Lipinski definition) is 5. The SMILES string of the molecule is C[C@H](c1cc(Cl)cc2ccccc12)N1CC=C(C2(c3ccc(F)cc3)CCNCC2)C1=O.O=C(O)CC(O)(CC(=O)O)C(=O)O. The Labute approximate surface area is 263 Å². The number of piperidine rings is 1. The normalized spacial score (nSPS) is 16.8. The highest BCUT2D eigenvalue weighted by Crippen LogP contribution is 2.44. The highest BCUT2D eigenvalue weighted by Gasteiger charge is 2.45. The Hall–Kier alpha value is -4.32. The van der Waals surface area contributed by atoms with Gasteiger partial charge in [-0.15, -0.1) is 0 Å². The van der Waals surface area contributed by atoms with E-state index in [1.165, 1.54) is 12.1 Å². The van der Waals surface area contributed by atoms with Crippen molar-refractivity contribution in [2.75, 3.05) is 19.6 Å². The van der Waals surface area contributed by atoms with E-state index in [9.17, 15) is 23.6 Å². The van der Waals surface area contributed by atoms with Gasteiger partial charge >= 0.3 is 17.9 Å². The summed E-state index contributed by atoms with van der Waals surface area (Å²) in [6, 6.07) is 18.6. The first-order valence-electron chi connectivity index (χ1n) is 14.3. The lowest BCUT2D eigenvalue weighted by molar-refractivity contribution is -0.170. The molecule has 10 nitrogen and oxygen atoms in total. The third-order valence-corrected chi connectivity index (χ3v) is 8.63. The highest BCUT2D eigenvalue weighted by atomic mass is 35.5. The molecule has 0 unspecified atom stereocenters. The zero-order chi connectivity index (χ0) is 32.9. The van der Waals surface area contributed by atoms with Gasteiger partial charge in [-0.25, -0.2) is 9.18 Å². The summed E-state index contributed by atoms with van der Waals surface area (Å²) in [6.07, 6.45) is 1.43. The molecule has 5 rings (SSSR count). The van der Waals surface area contributed by atoms with E-state index < -0.39 is 36.4 Å². The Morgan fingerprint density at radius 3 is 2.18 bits per heavy atom. The molecular formula is C33H34ClFN2O8. The average Bonchev–Trinajstić information content (AvgIpc) is 3.38. The Kier molecular flexibility index (Phi) is 10.3. The molecule has 1 atom stereocenters. The smallest absolute Gasteiger partial charge is 0.336 e. The average molecular weight is 641 g/mol.